The van der Waals surface area contributed by atoms with Crippen LogP contribution in [0.1, 0.15) is 24.0 Å². The maximum Gasteiger partial charge on any atom is 0.416 e. The quantitative estimate of drug-likeness (QED) is 0.817. The summed E-state index contributed by atoms with van der Waals surface area (Å²) in [4.78, 5) is 1.99. The molecule has 7 heteroatoms. The Balaban J connectivity index is 1.72. The lowest BCUT2D eigenvalue weighted by Crippen LogP contribution is -2.58. The Morgan fingerprint density at radius 1 is 1.26 bits per heavy atom. The Morgan fingerprint density at radius 3 is 2.78 bits per heavy atom. The van der Waals surface area contributed by atoms with E-state index in [2.05, 4.69) is 5.32 Å². The highest BCUT2D eigenvalue weighted by Gasteiger charge is 2.42. The van der Waals surface area contributed by atoms with Crippen LogP contribution in [0.3, 0.4) is 0 Å². The average Bonchev–Trinajstić information content (AvgIpc) is 2.46. The highest BCUT2D eigenvalue weighted by molar-refractivity contribution is 5.27. The van der Waals surface area contributed by atoms with Crippen LogP contribution in [0.2, 0.25) is 0 Å². The summed E-state index contributed by atoms with van der Waals surface area (Å²) < 4.78 is 51.8. The van der Waals surface area contributed by atoms with Crippen molar-refractivity contribution in [2.75, 3.05) is 26.2 Å². The number of likely N-dealkylation sites (tertiary alicyclic amines) is 1. The number of nitrogens with zero attached hydrogens (tertiary/aromatic N) is 1. The molecule has 3 rings (SSSR count). The van der Waals surface area contributed by atoms with Crippen molar-refractivity contribution in [2.45, 2.75) is 31.2 Å². The number of halogens is 4. The highest BCUT2D eigenvalue weighted by Crippen LogP contribution is 2.34. The lowest BCUT2D eigenvalue weighted by atomic mass is 9.76. The summed E-state index contributed by atoms with van der Waals surface area (Å²) in [5.74, 6) is -0.816. The molecule has 2 atom stereocenters. The molecule has 2 aliphatic rings. The van der Waals surface area contributed by atoms with Crippen molar-refractivity contribution >= 4 is 0 Å². The van der Waals surface area contributed by atoms with E-state index in [0.717, 1.165) is 18.7 Å². The first-order chi connectivity index (χ1) is 10.8. The molecule has 0 aliphatic carbocycles. The molecule has 2 heterocycles. The van der Waals surface area contributed by atoms with Crippen molar-refractivity contribution in [1.29, 1.82) is 0 Å². The molecular weight excluding hydrogens is 312 g/mol. The van der Waals surface area contributed by atoms with E-state index in [1.165, 1.54) is 0 Å². The number of rotatable bonds is 2. The topological polar surface area (TPSA) is 35.5 Å². The van der Waals surface area contributed by atoms with Crippen LogP contribution < -0.4 is 5.32 Å². The van der Waals surface area contributed by atoms with Crippen molar-refractivity contribution in [1.82, 2.24) is 10.2 Å². The number of hydrogen-bond acceptors (Lipinski definition) is 3. The van der Waals surface area contributed by atoms with Crippen LogP contribution in [0.15, 0.2) is 18.2 Å². The molecule has 128 valence electrons. The lowest BCUT2D eigenvalue weighted by molar-refractivity contribution is -0.137. The van der Waals surface area contributed by atoms with Gasteiger partial charge in [0.1, 0.15) is 5.82 Å². The zero-order valence-electron chi connectivity index (χ0n) is 12.7. The molecule has 0 unspecified atom stereocenters. The van der Waals surface area contributed by atoms with E-state index in [1.54, 1.807) is 0 Å². The standard InChI is InChI=1S/C16H20F4N2O/c17-14-6-11(5-12(7-14)16(18,19)20)9-22-4-2-15(23)1-3-21-8-13(15)10-22/h5-7,13,21,23H,1-4,8-10H2/t13-,15-/m1/s1. The number of fused-ring (bicyclic) bond motifs is 1. The normalized spacial score (nSPS) is 29.3. The molecule has 23 heavy (non-hydrogen) atoms. The van der Waals surface area contributed by atoms with Gasteiger partial charge in [-0.2, -0.15) is 13.2 Å². The van der Waals surface area contributed by atoms with Gasteiger partial charge in [0.05, 0.1) is 11.2 Å². The smallest absolute Gasteiger partial charge is 0.389 e. The zero-order chi connectivity index (χ0) is 16.7. The summed E-state index contributed by atoms with van der Waals surface area (Å²) in [6.45, 7) is 2.94. The minimum Gasteiger partial charge on any atom is -0.389 e. The van der Waals surface area contributed by atoms with Crippen LogP contribution in [-0.4, -0.2) is 41.8 Å². The molecule has 2 aliphatic heterocycles. The first-order valence-corrected chi connectivity index (χ1v) is 7.78. The maximum atomic E-state index is 13.5. The van der Waals surface area contributed by atoms with Gasteiger partial charge in [-0.25, -0.2) is 4.39 Å². The molecule has 2 fully saturated rings. The van der Waals surface area contributed by atoms with E-state index in [0.29, 0.717) is 44.1 Å². The lowest BCUT2D eigenvalue weighted by Gasteiger charge is -2.47. The molecule has 2 N–H and O–H groups in total. The summed E-state index contributed by atoms with van der Waals surface area (Å²) in [6.07, 6.45) is -3.25. The number of aliphatic hydroxyl groups is 1. The van der Waals surface area contributed by atoms with Crippen molar-refractivity contribution < 1.29 is 22.7 Å². The largest absolute Gasteiger partial charge is 0.416 e. The zero-order valence-corrected chi connectivity index (χ0v) is 12.7. The van der Waals surface area contributed by atoms with Gasteiger partial charge >= 0.3 is 6.18 Å². The second kappa shape index (κ2) is 6.03. The summed E-state index contributed by atoms with van der Waals surface area (Å²) in [6, 6.07) is 2.67. The van der Waals surface area contributed by atoms with Gasteiger partial charge in [-0.15, -0.1) is 0 Å². The van der Waals surface area contributed by atoms with E-state index in [4.69, 9.17) is 0 Å². The molecule has 0 saturated carbocycles. The number of benzene rings is 1. The number of alkyl halides is 3. The number of nitrogens with one attached hydrogen (secondary N) is 1. The third-order valence-electron chi connectivity index (χ3n) is 4.92. The van der Waals surface area contributed by atoms with Crippen LogP contribution in [-0.2, 0) is 12.7 Å². The fourth-order valence-electron chi connectivity index (χ4n) is 3.60. The predicted molar refractivity (Wildman–Crippen MR) is 77.2 cm³/mol. The minimum atomic E-state index is -4.55. The van der Waals surface area contributed by atoms with Crippen molar-refractivity contribution in [2.24, 2.45) is 5.92 Å². The molecule has 0 radical (unpaired) electrons. The SMILES string of the molecule is O[C@@]12CCNC[C@@H]1CN(Cc1cc(F)cc(C(F)(F)F)c1)CC2. The molecule has 2 saturated heterocycles. The Kier molecular flexibility index (Phi) is 4.37. The Morgan fingerprint density at radius 2 is 2.04 bits per heavy atom. The van der Waals surface area contributed by atoms with Gasteiger partial charge in [-0.1, -0.05) is 0 Å². The van der Waals surface area contributed by atoms with Gasteiger partial charge < -0.3 is 10.4 Å². The monoisotopic (exact) mass is 332 g/mol. The summed E-state index contributed by atoms with van der Waals surface area (Å²) in [5.41, 5.74) is -1.33. The van der Waals surface area contributed by atoms with Crippen LogP contribution in [0.4, 0.5) is 17.6 Å². The first-order valence-electron chi connectivity index (χ1n) is 7.78. The van der Waals surface area contributed by atoms with E-state index in [1.807, 2.05) is 4.90 Å². The summed E-state index contributed by atoms with van der Waals surface area (Å²) >= 11 is 0. The second-order valence-corrected chi connectivity index (χ2v) is 6.59. The van der Waals surface area contributed by atoms with Gasteiger partial charge in [0.25, 0.3) is 0 Å². The third-order valence-corrected chi connectivity index (χ3v) is 4.92. The summed E-state index contributed by atoms with van der Waals surface area (Å²) in [5, 5.41) is 13.8. The van der Waals surface area contributed by atoms with E-state index < -0.39 is 23.2 Å². The van der Waals surface area contributed by atoms with E-state index in [9.17, 15) is 22.7 Å². The van der Waals surface area contributed by atoms with Gasteiger partial charge in [0.2, 0.25) is 0 Å². The molecule has 0 amide bonds. The molecule has 0 bridgehead atoms. The maximum absolute atomic E-state index is 13.5. The second-order valence-electron chi connectivity index (χ2n) is 6.59. The minimum absolute atomic E-state index is 0.0562. The molecule has 1 aromatic carbocycles. The van der Waals surface area contributed by atoms with Gasteiger partial charge in [0, 0.05) is 32.1 Å². The van der Waals surface area contributed by atoms with Crippen LogP contribution in [0.25, 0.3) is 0 Å². The third kappa shape index (κ3) is 3.67. The Labute approximate surface area is 132 Å². The van der Waals surface area contributed by atoms with Crippen molar-refractivity contribution in [3.63, 3.8) is 0 Å². The van der Waals surface area contributed by atoms with Gasteiger partial charge in [0.15, 0.2) is 0 Å². The fraction of sp³-hybridized carbons (Fsp3) is 0.625. The fourth-order valence-corrected chi connectivity index (χ4v) is 3.60. The first kappa shape index (κ1) is 16.7. The van der Waals surface area contributed by atoms with E-state index >= 15 is 0 Å². The van der Waals surface area contributed by atoms with Crippen LogP contribution >= 0.6 is 0 Å². The molecule has 0 spiro atoms. The van der Waals surface area contributed by atoms with Gasteiger partial charge in [-0.05, 0) is 43.1 Å². The van der Waals surface area contributed by atoms with Gasteiger partial charge in [-0.3, -0.25) is 4.90 Å². The number of hydrogen-bond donors (Lipinski definition) is 2. The van der Waals surface area contributed by atoms with Crippen LogP contribution in [0, 0.1) is 11.7 Å². The van der Waals surface area contributed by atoms with Crippen molar-refractivity contribution in [3.8, 4) is 0 Å². The molecular formula is C16H20F4N2O. The summed E-state index contributed by atoms with van der Waals surface area (Å²) in [7, 11) is 0. The molecule has 0 aromatic heterocycles. The Hall–Kier alpha value is -1.18. The van der Waals surface area contributed by atoms with Crippen LogP contribution in [0.5, 0.6) is 0 Å². The molecule has 1 aromatic rings. The predicted octanol–water partition coefficient (Wildman–Crippen LogP) is 2.39. The average molecular weight is 332 g/mol. The molecule has 3 nitrogen and oxygen atoms in total. The highest BCUT2D eigenvalue weighted by atomic mass is 19.4. The van der Waals surface area contributed by atoms with Crippen molar-refractivity contribution in [3.05, 3.63) is 35.1 Å². The number of piperidine rings is 2. The Bertz CT molecular complexity index is 578. The van der Waals surface area contributed by atoms with E-state index in [-0.39, 0.29) is 12.5 Å².